The number of nitrogens with two attached hydrogens (primary N) is 1. The van der Waals surface area contributed by atoms with Gasteiger partial charge in [0.1, 0.15) is 16.8 Å². The second-order valence-electron chi connectivity index (χ2n) is 4.93. The van der Waals surface area contributed by atoms with Gasteiger partial charge in [0, 0.05) is 6.54 Å². The Hall–Kier alpha value is -1.88. The Bertz CT molecular complexity index is 756. The summed E-state index contributed by atoms with van der Waals surface area (Å²) in [5.41, 5.74) is 8.87. The molecule has 0 saturated heterocycles. The molecule has 0 aliphatic rings. The number of hydrogen-bond donors (Lipinski definition) is 1. The number of imidazole rings is 2. The van der Waals surface area contributed by atoms with Crippen molar-refractivity contribution >= 4 is 16.8 Å². The van der Waals surface area contributed by atoms with Crippen LogP contribution in [0.25, 0.3) is 16.8 Å². The Labute approximate surface area is 111 Å². The van der Waals surface area contributed by atoms with E-state index in [-0.39, 0.29) is 5.56 Å². The van der Waals surface area contributed by atoms with E-state index in [4.69, 9.17) is 5.73 Å². The maximum Gasteiger partial charge on any atom is 0.278 e. The predicted molar refractivity (Wildman–Crippen MR) is 75.8 cm³/mol. The summed E-state index contributed by atoms with van der Waals surface area (Å²) in [6, 6.07) is 5.86. The molecule has 5 nitrogen and oxygen atoms in total. The van der Waals surface area contributed by atoms with Crippen molar-refractivity contribution in [1.82, 2.24) is 14.0 Å². The van der Waals surface area contributed by atoms with Gasteiger partial charge in [-0.3, -0.25) is 13.8 Å². The number of unbranched alkanes of at least 4 members (excludes halogenated alkanes) is 2. The van der Waals surface area contributed by atoms with Crippen molar-refractivity contribution in [3.05, 3.63) is 34.2 Å². The van der Waals surface area contributed by atoms with E-state index in [1.165, 1.54) is 0 Å². The van der Waals surface area contributed by atoms with Gasteiger partial charge in [-0.2, -0.15) is 0 Å². The summed E-state index contributed by atoms with van der Waals surface area (Å²) in [6.07, 6.45) is 3.05. The lowest BCUT2D eigenvalue weighted by Gasteiger charge is -2.03. The zero-order valence-corrected chi connectivity index (χ0v) is 11.1. The van der Waals surface area contributed by atoms with Crippen LogP contribution in [0.2, 0.25) is 0 Å². The molecule has 2 N–H and O–H groups in total. The van der Waals surface area contributed by atoms with Crippen molar-refractivity contribution in [1.29, 1.82) is 0 Å². The summed E-state index contributed by atoms with van der Waals surface area (Å²) in [5, 5.41) is 0. The number of nitrogens with zero attached hydrogens (tertiary/aromatic N) is 3. The molecule has 0 aromatic carbocycles. The van der Waals surface area contributed by atoms with Gasteiger partial charge >= 0.3 is 0 Å². The molecule has 3 heterocycles. The first-order chi connectivity index (χ1) is 9.24. The Morgan fingerprint density at radius 1 is 1.26 bits per heavy atom. The van der Waals surface area contributed by atoms with E-state index >= 15 is 0 Å². The van der Waals surface area contributed by atoms with E-state index in [0.29, 0.717) is 12.1 Å². The maximum absolute atomic E-state index is 12.5. The highest BCUT2D eigenvalue weighted by atomic mass is 16.1. The molecule has 5 heteroatoms. The lowest BCUT2D eigenvalue weighted by molar-refractivity contribution is 0.594. The molecular formula is C14H18N4O. The largest absolute Gasteiger partial charge is 0.330 e. The molecule has 19 heavy (non-hydrogen) atoms. The fourth-order valence-corrected chi connectivity index (χ4v) is 2.69. The average Bonchev–Trinajstić information content (AvgIpc) is 2.88. The van der Waals surface area contributed by atoms with Crippen molar-refractivity contribution in [3.8, 4) is 0 Å². The summed E-state index contributed by atoms with van der Waals surface area (Å²) in [4.78, 5) is 16.9. The minimum Gasteiger partial charge on any atom is -0.330 e. The van der Waals surface area contributed by atoms with Gasteiger partial charge in [0.05, 0.1) is 5.69 Å². The Kier molecular flexibility index (Phi) is 2.98. The highest BCUT2D eigenvalue weighted by Gasteiger charge is 2.16. The molecule has 0 radical (unpaired) electrons. The molecule has 0 fully saturated rings. The molecule has 0 unspecified atom stereocenters. The first-order valence-corrected chi connectivity index (χ1v) is 6.74. The maximum atomic E-state index is 12.5. The Morgan fingerprint density at radius 2 is 2.11 bits per heavy atom. The van der Waals surface area contributed by atoms with Gasteiger partial charge in [0.2, 0.25) is 0 Å². The van der Waals surface area contributed by atoms with Crippen LogP contribution in [0.15, 0.2) is 23.0 Å². The molecule has 0 atom stereocenters. The van der Waals surface area contributed by atoms with Crippen LogP contribution < -0.4 is 11.3 Å². The van der Waals surface area contributed by atoms with E-state index < -0.39 is 0 Å². The second kappa shape index (κ2) is 4.66. The predicted octanol–water partition coefficient (Wildman–Crippen LogP) is 1.52. The summed E-state index contributed by atoms with van der Waals surface area (Å²) in [7, 11) is 0. The molecule has 3 aromatic rings. The van der Waals surface area contributed by atoms with Crippen LogP contribution in [0.1, 0.15) is 25.0 Å². The van der Waals surface area contributed by atoms with Crippen LogP contribution in [-0.4, -0.2) is 20.5 Å². The number of aryl methyl sites for hydroxylation is 2. The molecule has 0 saturated carbocycles. The minimum absolute atomic E-state index is 0.0685. The lowest BCUT2D eigenvalue weighted by atomic mass is 10.2. The normalized spacial score (nSPS) is 11.9. The van der Waals surface area contributed by atoms with Gasteiger partial charge in [-0.1, -0.05) is 12.5 Å². The third-order valence-corrected chi connectivity index (χ3v) is 3.61. The molecule has 0 amide bonds. The summed E-state index contributed by atoms with van der Waals surface area (Å²) in [5.74, 6) is 0. The zero-order chi connectivity index (χ0) is 13.4. The molecule has 0 bridgehead atoms. The van der Waals surface area contributed by atoms with Crippen LogP contribution in [0.5, 0.6) is 0 Å². The van der Waals surface area contributed by atoms with Crippen LogP contribution in [0.4, 0.5) is 0 Å². The summed E-state index contributed by atoms with van der Waals surface area (Å²) >= 11 is 0. The van der Waals surface area contributed by atoms with Crippen molar-refractivity contribution in [3.63, 3.8) is 0 Å². The number of hydrogen-bond acceptors (Lipinski definition) is 3. The van der Waals surface area contributed by atoms with E-state index in [2.05, 4.69) is 4.98 Å². The molecule has 3 rings (SSSR count). The highest BCUT2D eigenvalue weighted by molar-refractivity contribution is 5.69. The van der Waals surface area contributed by atoms with Crippen LogP contribution in [0, 0.1) is 6.92 Å². The van der Waals surface area contributed by atoms with Gasteiger partial charge in [0.25, 0.3) is 5.56 Å². The summed E-state index contributed by atoms with van der Waals surface area (Å²) < 4.78 is 3.81. The summed E-state index contributed by atoms with van der Waals surface area (Å²) in [6.45, 7) is 3.35. The first-order valence-electron chi connectivity index (χ1n) is 6.74. The van der Waals surface area contributed by atoms with Crippen LogP contribution in [0.3, 0.4) is 0 Å². The molecule has 0 aliphatic carbocycles. The van der Waals surface area contributed by atoms with E-state index in [1.807, 2.05) is 34.1 Å². The fraction of sp³-hybridized carbons (Fsp3) is 0.429. The third kappa shape index (κ3) is 1.81. The average molecular weight is 258 g/mol. The van der Waals surface area contributed by atoms with E-state index in [0.717, 1.165) is 42.8 Å². The fourth-order valence-electron chi connectivity index (χ4n) is 2.69. The van der Waals surface area contributed by atoms with Gasteiger partial charge in [-0.25, -0.2) is 4.98 Å². The molecule has 100 valence electrons. The Morgan fingerprint density at radius 3 is 2.89 bits per heavy atom. The quantitative estimate of drug-likeness (QED) is 0.706. The van der Waals surface area contributed by atoms with E-state index in [9.17, 15) is 4.79 Å². The van der Waals surface area contributed by atoms with Crippen LogP contribution in [-0.2, 0) is 6.54 Å². The smallest absolute Gasteiger partial charge is 0.278 e. The second-order valence-corrected chi connectivity index (χ2v) is 4.93. The van der Waals surface area contributed by atoms with E-state index in [1.54, 1.807) is 0 Å². The van der Waals surface area contributed by atoms with Gasteiger partial charge in [-0.15, -0.1) is 0 Å². The van der Waals surface area contributed by atoms with Gasteiger partial charge in [0.15, 0.2) is 0 Å². The highest BCUT2D eigenvalue weighted by Crippen LogP contribution is 2.17. The molecular weight excluding hydrogens is 240 g/mol. The third-order valence-electron chi connectivity index (χ3n) is 3.61. The van der Waals surface area contributed by atoms with Crippen LogP contribution >= 0.6 is 0 Å². The topological polar surface area (TPSA) is 65.3 Å². The first kappa shape index (κ1) is 12.2. The SMILES string of the molecule is Cc1nc2cccc3n(CCCCCN)c(=O)c1n23. The van der Waals surface area contributed by atoms with Crippen molar-refractivity contribution in [2.75, 3.05) is 6.54 Å². The molecule has 0 aliphatic heterocycles. The van der Waals surface area contributed by atoms with Crippen molar-refractivity contribution in [2.45, 2.75) is 32.7 Å². The zero-order valence-electron chi connectivity index (χ0n) is 11.1. The van der Waals surface area contributed by atoms with Gasteiger partial charge < -0.3 is 5.73 Å². The lowest BCUT2D eigenvalue weighted by Crippen LogP contribution is -2.15. The minimum atomic E-state index is 0.0685. The van der Waals surface area contributed by atoms with Crippen molar-refractivity contribution in [2.24, 2.45) is 5.73 Å². The van der Waals surface area contributed by atoms with Gasteiger partial charge in [-0.05, 0) is 38.4 Å². The molecule has 0 spiro atoms. The Balaban J connectivity index is 2.07. The van der Waals surface area contributed by atoms with Crippen molar-refractivity contribution < 1.29 is 0 Å². The number of pyridine rings is 1. The standard InChI is InChI=1S/C14H18N4O/c1-10-13-14(19)17(9-4-2-3-8-15)12-7-5-6-11(16-10)18(12)13/h5-7H,2-4,8-9,15H2,1H3. The number of aromatic nitrogens is 3. The number of rotatable bonds is 5. The monoisotopic (exact) mass is 258 g/mol. The molecule has 3 aromatic heterocycles.